The van der Waals surface area contributed by atoms with Crippen molar-refractivity contribution in [1.29, 1.82) is 0 Å². The van der Waals surface area contributed by atoms with Crippen molar-refractivity contribution in [3.05, 3.63) is 0 Å². The van der Waals surface area contributed by atoms with Crippen LogP contribution in [0.1, 0.15) is 39.5 Å². The van der Waals surface area contributed by atoms with Crippen LogP contribution in [0.2, 0.25) is 0 Å². The van der Waals surface area contributed by atoms with Gasteiger partial charge in [0.2, 0.25) is 0 Å². The van der Waals surface area contributed by atoms with E-state index in [1.807, 2.05) is 7.05 Å². The van der Waals surface area contributed by atoms with Crippen LogP contribution >= 0.6 is 0 Å². The van der Waals surface area contributed by atoms with Crippen molar-refractivity contribution in [2.24, 2.45) is 28.7 Å². The van der Waals surface area contributed by atoms with Crippen LogP contribution in [0, 0.1) is 23.7 Å². The predicted octanol–water partition coefficient (Wildman–Crippen LogP) is 2.13. The van der Waals surface area contributed by atoms with E-state index < -0.39 is 0 Å². The SMILES string of the molecule is CN=C(NCC1CCCC(C)C1)N1CC(C)C(C(=O)OC)C1. The second-order valence-electron chi connectivity index (χ2n) is 7.08. The van der Waals surface area contributed by atoms with Gasteiger partial charge in [0.05, 0.1) is 13.0 Å². The maximum absolute atomic E-state index is 11.8. The van der Waals surface area contributed by atoms with Gasteiger partial charge in [-0.3, -0.25) is 9.79 Å². The topological polar surface area (TPSA) is 53.9 Å². The smallest absolute Gasteiger partial charge is 0.310 e. The Morgan fingerprint density at radius 1 is 1.32 bits per heavy atom. The van der Waals surface area contributed by atoms with Crippen molar-refractivity contribution in [2.45, 2.75) is 39.5 Å². The Balaban J connectivity index is 1.86. The van der Waals surface area contributed by atoms with Gasteiger partial charge in [-0.15, -0.1) is 0 Å². The summed E-state index contributed by atoms with van der Waals surface area (Å²) in [5.74, 6) is 2.68. The molecule has 0 radical (unpaired) electrons. The molecule has 1 aliphatic heterocycles. The minimum Gasteiger partial charge on any atom is -0.469 e. The van der Waals surface area contributed by atoms with Gasteiger partial charge in [0.1, 0.15) is 0 Å². The lowest BCUT2D eigenvalue weighted by Crippen LogP contribution is -2.43. The molecule has 0 bridgehead atoms. The van der Waals surface area contributed by atoms with E-state index in [9.17, 15) is 4.79 Å². The van der Waals surface area contributed by atoms with E-state index >= 15 is 0 Å². The zero-order valence-corrected chi connectivity index (χ0v) is 14.5. The van der Waals surface area contributed by atoms with Gasteiger partial charge in [-0.25, -0.2) is 0 Å². The first-order chi connectivity index (χ1) is 10.5. The number of aliphatic imine (C=N–C) groups is 1. The third kappa shape index (κ3) is 4.14. The number of guanidine groups is 1. The number of nitrogens with zero attached hydrogens (tertiary/aromatic N) is 2. The Hall–Kier alpha value is -1.26. The average molecular weight is 309 g/mol. The molecule has 0 aromatic carbocycles. The Bertz CT molecular complexity index is 411. The van der Waals surface area contributed by atoms with Crippen molar-refractivity contribution < 1.29 is 9.53 Å². The second kappa shape index (κ2) is 7.84. The Morgan fingerprint density at radius 3 is 2.73 bits per heavy atom. The van der Waals surface area contributed by atoms with Crippen LogP contribution in [0.5, 0.6) is 0 Å². The summed E-state index contributed by atoms with van der Waals surface area (Å²) in [6.45, 7) is 7.02. The number of methoxy groups -OCH3 is 1. The zero-order valence-electron chi connectivity index (χ0n) is 14.5. The first kappa shape index (κ1) is 17.1. The fraction of sp³-hybridized carbons (Fsp3) is 0.882. The number of hydrogen-bond acceptors (Lipinski definition) is 3. The van der Waals surface area contributed by atoms with Crippen molar-refractivity contribution >= 4 is 11.9 Å². The normalized spacial score (nSPS) is 32.9. The quantitative estimate of drug-likeness (QED) is 0.493. The molecule has 1 aliphatic carbocycles. The average Bonchev–Trinajstić information content (AvgIpc) is 2.89. The molecule has 4 atom stereocenters. The first-order valence-corrected chi connectivity index (χ1v) is 8.58. The second-order valence-corrected chi connectivity index (χ2v) is 7.08. The maximum atomic E-state index is 11.8. The fourth-order valence-corrected chi connectivity index (χ4v) is 3.91. The predicted molar refractivity (Wildman–Crippen MR) is 88.7 cm³/mol. The highest BCUT2D eigenvalue weighted by Gasteiger charge is 2.37. The van der Waals surface area contributed by atoms with Crippen molar-refractivity contribution in [3.63, 3.8) is 0 Å². The number of esters is 1. The molecule has 1 saturated carbocycles. The lowest BCUT2D eigenvalue weighted by Gasteiger charge is -2.29. The third-order valence-electron chi connectivity index (χ3n) is 5.22. The first-order valence-electron chi connectivity index (χ1n) is 8.58. The van der Waals surface area contributed by atoms with Gasteiger partial charge in [0, 0.05) is 26.7 Å². The van der Waals surface area contributed by atoms with E-state index in [4.69, 9.17) is 4.74 Å². The highest BCUT2D eigenvalue weighted by atomic mass is 16.5. The molecule has 1 N–H and O–H groups in total. The van der Waals surface area contributed by atoms with Gasteiger partial charge in [0.15, 0.2) is 5.96 Å². The van der Waals surface area contributed by atoms with Crippen molar-refractivity contribution in [3.8, 4) is 0 Å². The van der Waals surface area contributed by atoms with Crippen LogP contribution in [0.4, 0.5) is 0 Å². The molecule has 2 fully saturated rings. The number of ether oxygens (including phenoxy) is 1. The number of carbonyl (C=O) groups excluding carboxylic acids is 1. The summed E-state index contributed by atoms with van der Waals surface area (Å²) in [5.41, 5.74) is 0. The molecule has 0 aromatic rings. The molecular formula is C17H31N3O2. The van der Waals surface area contributed by atoms with Crippen LogP contribution in [-0.2, 0) is 9.53 Å². The van der Waals surface area contributed by atoms with E-state index in [2.05, 4.69) is 29.1 Å². The standard InChI is InChI=1S/C17H31N3O2/c1-12-6-5-7-14(8-12)9-19-17(18-3)20-10-13(2)15(11-20)16(21)22-4/h12-15H,5-11H2,1-4H3,(H,18,19). The van der Waals surface area contributed by atoms with E-state index in [0.717, 1.165) is 30.9 Å². The Labute approximate surface area is 134 Å². The number of carbonyl (C=O) groups is 1. The summed E-state index contributed by atoms with van der Waals surface area (Å²) < 4.78 is 4.91. The summed E-state index contributed by atoms with van der Waals surface area (Å²) in [4.78, 5) is 18.4. The monoisotopic (exact) mass is 309 g/mol. The van der Waals surface area contributed by atoms with Gasteiger partial charge in [-0.1, -0.05) is 26.7 Å². The van der Waals surface area contributed by atoms with E-state index in [0.29, 0.717) is 12.5 Å². The molecule has 0 spiro atoms. The third-order valence-corrected chi connectivity index (χ3v) is 5.22. The summed E-state index contributed by atoms with van der Waals surface area (Å²) in [7, 11) is 3.29. The van der Waals surface area contributed by atoms with Crippen LogP contribution in [0.3, 0.4) is 0 Å². The highest BCUT2D eigenvalue weighted by Crippen LogP contribution is 2.28. The molecule has 126 valence electrons. The van der Waals surface area contributed by atoms with E-state index in [-0.39, 0.29) is 11.9 Å². The summed E-state index contributed by atoms with van der Waals surface area (Å²) in [6, 6.07) is 0. The van der Waals surface area contributed by atoms with Crippen molar-refractivity contribution in [2.75, 3.05) is 33.8 Å². The lowest BCUT2D eigenvalue weighted by molar-refractivity contribution is -0.145. The molecule has 5 nitrogen and oxygen atoms in total. The van der Waals surface area contributed by atoms with Crippen LogP contribution in [-0.4, -0.2) is 50.6 Å². The molecule has 1 heterocycles. The molecule has 2 aliphatic rings. The molecule has 0 aromatic heterocycles. The van der Waals surface area contributed by atoms with Gasteiger partial charge in [-0.2, -0.15) is 0 Å². The molecule has 4 unspecified atom stereocenters. The molecule has 1 saturated heterocycles. The number of hydrogen-bond donors (Lipinski definition) is 1. The largest absolute Gasteiger partial charge is 0.469 e. The summed E-state index contributed by atoms with van der Waals surface area (Å²) in [5, 5.41) is 3.52. The zero-order chi connectivity index (χ0) is 16.1. The number of nitrogens with one attached hydrogen (secondary N) is 1. The molecule has 22 heavy (non-hydrogen) atoms. The van der Waals surface area contributed by atoms with E-state index in [1.54, 1.807) is 0 Å². The highest BCUT2D eigenvalue weighted by molar-refractivity contribution is 5.82. The Kier molecular flexibility index (Phi) is 6.09. The van der Waals surface area contributed by atoms with Gasteiger partial charge < -0.3 is 15.0 Å². The van der Waals surface area contributed by atoms with Crippen LogP contribution in [0.25, 0.3) is 0 Å². The maximum Gasteiger partial charge on any atom is 0.310 e. The number of rotatable bonds is 3. The molecule has 0 amide bonds. The lowest BCUT2D eigenvalue weighted by atomic mass is 9.82. The fourth-order valence-electron chi connectivity index (χ4n) is 3.91. The minimum absolute atomic E-state index is 0.0433. The van der Waals surface area contributed by atoms with Crippen LogP contribution in [0.15, 0.2) is 4.99 Å². The molecule has 5 heteroatoms. The minimum atomic E-state index is -0.105. The summed E-state index contributed by atoms with van der Waals surface area (Å²) in [6.07, 6.45) is 5.34. The van der Waals surface area contributed by atoms with Crippen LogP contribution < -0.4 is 5.32 Å². The van der Waals surface area contributed by atoms with Gasteiger partial charge in [-0.05, 0) is 30.6 Å². The van der Waals surface area contributed by atoms with Gasteiger partial charge in [0.25, 0.3) is 0 Å². The van der Waals surface area contributed by atoms with E-state index in [1.165, 1.54) is 32.8 Å². The van der Waals surface area contributed by atoms with Crippen molar-refractivity contribution in [1.82, 2.24) is 10.2 Å². The Morgan fingerprint density at radius 2 is 2.09 bits per heavy atom. The number of likely N-dealkylation sites (tertiary alicyclic amines) is 1. The summed E-state index contributed by atoms with van der Waals surface area (Å²) >= 11 is 0. The van der Waals surface area contributed by atoms with Gasteiger partial charge >= 0.3 is 5.97 Å². The molecule has 2 rings (SSSR count). The molecular weight excluding hydrogens is 278 g/mol.